The number of carbonyl (C=O) groups is 3. The molecule has 1 heterocycles. The molecule has 1 atom stereocenters. The molecule has 33 heavy (non-hydrogen) atoms. The molecule has 1 saturated heterocycles. The second kappa shape index (κ2) is 10.1. The number of anilines is 1. The molecule has 0 saturated carbocycles. The van der Waals surface area contributed by atoms with Gasteiger partial charge in [0.15, 0.2) is 0 Å². The first kappa shape index (κ1) is 23.4. The van der Waals surface area contributed by atoms with Crippen LogP contribution in [0.3, 0.4) is 0 Å². The number of aryl methyl sites for hydroxylation is 1. The SMILES string of the molecule is Cc1ccc(CN(C(=O)Cc2ccc(Cl)cc2)C2CC(=O)N(c3ccc(I)cc3)C2=O)cc1. The maximum Gasteiger partial charge on any atom is 0.257 e. The third-order valence-corrected chi connectivity index (χ3v) is 6.62. The summed E-state index contributed by atoms with van der Waals surface area (Å²) in [6.07, 6.45) is 0.0770. The fourth-order valence-electron chi connectivity index (χ4n) is 3.86. The van der Waals surface area contributed by atoms with Crippen molar-refractivity contribution in [3.63, 3.8) is 0 Å². The minimum atomic E-state index is -0.849. The van der Waals surface area contributed by atoms with Gasteiger partial charge in [0.25, 0.3) is 5.91 Å². The van der Waals surface area contributed by atoms with Crippen molar-refractivity contribution in [2.45, 2.75) is 32.4 Å². The van der Waals surface area contributed by atoms with E-state index in [9.17, 15) is 14.4 Å². The van der Waals surface area contributed by atoms with Crippen LogP contribution >= 0.6 is 34.2 Å². The summed E-state index contributed by atoms with van der Waals surface area (Å²) < 4.78 is 1.01. The Hall–Kier alpha value is -2.71. The molecule has 0 aliphatic carbocycles. The van der Waals surface area contributed by atoms with Crippen molar-refractivity contribution in [1.29, 1.82) is 0 Å². The molecule has 3 aromatic carbocycles. The van der Waals surface area contributed by atoms with Gasteiger partial charge in [-0.25, -0.2) is 4.90 Å². The molecule has 1 aliphatic rings. The Balaban J connectivity index is 1.62. The lowest BCUT2D eigenvalue weighted by Gasteiger charge is -2.28. The van der Waals surface area contributed by atoms with Gasteiger partial charge < -0.3 is 4.90 Å². The van der Waals surface area contributed by atoms with Crippen molar-refractivity contribution in [3.8, 4) is 0 Å². The third-order valence-electron chi connectivity index (χ3n) is 5.65. The number of nitrogens with zero attached hydrogens (tertiary/aromatic N) is 2. The number of carbonyl (C=O) groups excluding carboxylic acids is 3. The lowest BCUT2D eigenvalue weighted by Crippen LogP contribution is -2.45. The topological polar surface area (TPSA) is 57.7 Å². The monoisotopic (exact) mass is 572 g/mol. The molecule has 0 aromatic heterocycles. The Morgan fingerprint density at radius 2 is 1.58 bits per heavy atom. The van der Waals surface area contributed by atoms with Crippen LogP contribution in [0.1, 0.15) is 23.1 Å². The van der Waals surface area contributed by atoms with Crippen molar-refractivity contribution < 1.29 is 14.4 Å². The Labute approximate surface area is 211 Å². The van der Waals surface area contributed by atoms with Gasteiger partial charge in [0, 0.05) is 15.1 Å². The summed E-state index contributed by atoms with van der Waals surface area (Å²) in [7, 11) is 0. The number of hydrogen-bond donors (Lipinski definition) is 0. The van der Waals surface area contributed by atoms with Gasteiger partial charge in [-0.3, -0.25) is 14.4 Å². The van der Waals surface area contributed by atoms with E-state index in [-0.39, 0.29) is 37.1 Å². The van der Waals surface area contributed by atoms with Crippen LogP contribution in [0, 0.1) is 10.5 Å². The highest BCUT2D eigenvalue weighted by atomic mass is 127. The van der Waals surface area contributed by atoms with Gasteiger partial charge in [-0.05, 0) is 77.0 Å². The number of benzene rings is 3. The molecule has 5 nitrogen and oxygen atoms in total. The Kier molecular flexibility index (Phi) is 7.14. The third kappa shape index (κ3) is 5.45. The van der Waals surface area contributed by atoms with Crippen LogP contribution in [0.2, 0.25) is 5.02 Å². The second-order valence-electron chi connectivity index (χ2n) is 8.07. The number of amides is 3. The van der Waals surface area contributed by atoms with Crippen molar-refractivity contribution >= 4 is 57.6 Å². The minimum Gasteiger partial charge on any atom is -0.325 e. The van der Waals surface area contributed by atoms with Crippen molar-refractivity contribution in [2.75, 3.05) is 4.90 Å². The average Bonchev–Trinajstić information content (AvgIpc) is 3.09. The van der Waals surface area contributed by atoms with Gasteiger partial charge in [-0.15, -0.1) is 0 Å². The summed E-state index contributed by atoms with van der Waals surface area (Å²) >= 11 is 8.14. The molecule has 0 radical (unpaired) electrons. The highest BCUT2D eigenvalue weighted by molar-refractivity contribution is 14.1. The van der Waals surface area contributed by atoms with Crippen LogP contribution < -0.4 is 4.90 Å². The summed E-state index contributed by atoms with van der Waals surface area (Å²) in [5.41, 5.74) is 3.32. The number of rotatable bonds is 6. The maximum atomic E-state index is 13.4. The molecule has 0 bridgehead atoms. The van der Waals surface area contributed by atoms with E-state index in [1.54, 1.807) is 36.4 Å². The maximum absolute atomic E-state index is 13.4. The Morgan fingerprint density at radius 3 is 2.21 bits per heavy atom. The number of halogens is 2. The van der Waals surface area contributed by atoms with Gasteiger partial charge in [0.2, 0.25) is 11.8 Å². The molecule has 168 valence electrons. The average molecular weight is 573 g/mol. The first-order valence-corrected chi connectivity index (χ1v) is 12.0. The normalized spacial score (nSPS) is 15.7. The Bertz CT molecular complexity index is 1180. The van der Waals surface area contributed by atoms with E-state index in [2.05, 4.69) is 22.6 Å². The fraction of sp³-hybridized carbons (Fsp3) is 0.192. The summed E-state index contributed by atoms with van der Waals surface area (Å²) in [4.78, 5) is 42.4. The molecule has 3 aromatic rings. The molecule has 1 aliphatic heterocycles. The summed E-state index contributed by atoms with van der Waals surface area (Å²) in [5, 5.41) is 0.590. The van der Waals surface area contributed by atoms with E-state index < -0.39 is 6.04 Å². The molecule has 1 unspecified atom stereocenters. The first-order chi connectivity index (χ1) is 15.8. The molecule has 0 spiro atoms. The van der Waals surface area contributed by atoms with E-state index in [0.717, 1.165) is 20.3 Å². The van der Waals surface area contributed by atoms with Gasteiger partial charge in [-0.2, -0.15) is 0 Å². The Morgan fingerprint density at radius 1 is 0.970 bits per heavy atom. The molecule has 4 rings (SSSR count). The van der Waals surface area contributed by atoms with E-state index in [1.807, 2.05) is 43.3 Å². The van der Waals surface area contributed by atoms with Crippen LogP contribution in [-0.2, 0) is 27.3 Å². The van der Waals surface area contributed by atoms with Crippen LogP contribution in [0.15, 0.2) is 72.8 Å². The summed E-state index contributed by atoms with van der Waals surface area (Å²) in [6.45, 7) is 2.24. The second-order valence-corrected chi connectivity index (χ2v) is 9.76. The van der Waals surface area contributed by atoms with E-state index in [4.69, 9.17) is 11.6 Å². The fourth-order valence-corrected chi connectivity index (χ4v) is 4.35. The predicted octanol–water partition coefficient (Wildman–Crippen LogP) is 5.16. The van der Waals surface area contributed by atoms with E-state index in [1.165, 1.54) is 9.80 Å². The molecular formula is C26H22ClIN2O3. The van der Waals surface area contributed by atoms with Crippen LogP contribution in [0.4, 0.5) is 5.69 Å². The summed E-state index contributed by atoms with van der Waals surface area (Å²) in [5.74, 6) is -0.898. The molecular weight excluding hydrogens is 551 g/mol. The zero-order valence-corrected chi connectivity index (χ0v) is 20.9. The van der Waals surface area contributed by atoms with Crippen LogP contribution in [0.5, 0.6) is 0 Å². The standard InChI is InChI=1S/C26H22ClIN2O3/c1-17-2-4-19(5-3-17)16-29(24(31)14-18-6-8-20(27)9-7-18)23-15-25(32)30(26(23)33)22-12-10-21(28)11-13-22/h2-13,23H,14-16H2,1H3. The highest BCUT2D eigenvalue weighted by Gasteiger charge is 2.44. The minimum absolute atomic E-state index is 0.0387. The summed E-state index contributed by atoms with van der Waals surface area (Å²) in [6, 6.07) is 21.2. The van der Waals surface area contributed by atoms with Crippen LogP contribution in [-0.4, -0.2) is 28.7 Å². The van der Waals surface area contributed by atoms with Gasteiger partial charge in [-0.1, -0.05) is 53.6 Å². The zero-order chi connectivity index (χ0) is 23.5. The van der Waals surface area contributed by atoms with Crippen molar-refractivity contribution in [3.05, 3.63) is 98.1 Å². The van der Waals surface area contributed by atoms with Gasteiger partial charge in [0.1, 0.15) is 6.04 Å². The largest absolute Gasteiger partial charge is 0.325 e. The van der Waals surface area contributed by atoms with Crippen molar-refractivity contribution in [1.82, 2.24) is 4.90 Å². The zero-order valence-electron chi connectivity index (χ0n) is 18.0. The molecule has 7 heteroatoms. The van der Waals surface area contributed by atoms with Crippen molar-refractivity contribution in [2.24, 2.45) is 0 Å². The molecule has 1 fully saturated rings. The van der Waals surface area contributed by atoms with E-state index in [0.29, 0.717) is 10.7 Å². The molecule has 3 amide bonds. The smallest absolute Gasteiger partial charge is 0.257 e. The lowest BCUT2D eigenvalue weighted by molar-refractivity contribution is -0.138. The van der Waals surface area contributed by atoms with E-state index >= 15 is 0 Å². The van der Waals surface area contributed by atoms with Crippen LogP contribution in [0.25, 0.3) is 0 Å². The van der Waals surface area contributed by atoms with Gasteiger partial charge in [0.05, 0.1) is 18.5 Å². The number of imide groups is 1. The predicted molar refractivity (Wildman–Crippen MR) is 137 cm³/mol. The lowest BCUT2D eigenvalue weighted by atomic mass is 10.1. The molecule has 0 N–H and O–H groups in total. The number of hydrogen-bond acceptors (Lipinski definition) is 3. The quantitative estimate of drug-likeness (QED) is 0.303. The highest BCUT2D eigenvalue weighted by Crippen LogP contribution is 2.28. The first-order valence-electron chi connectivity index (χ1n) is 10.5. The van der Waals surface area contributed by atoms with Gasteiger partial charge >= 0.3 is 0 Å².